The number of carbonyl (C=O) groups is 1. The molecular formula is C14H24N4O2S. The number of rotatable bonds is 3. The zero-order chi connectivity index (χ0) is 15.6. The van der Waals surface area contributed by atoms with Crippen LogP contribution in [-0.4, -0.2) is 57.7 Å². The van der Waals surface area contributed by atoms with Crippen LogP contribution in [0.3, 0.4) is 0 Å². The fraction of sp³-hybridized carbons (Fsp3) is 0.643. The van der Waals surface area contributed by atoms with Crippen molar-refractivity contribution in [1.82, 2.24) is 10.2 Å². The van der Waals surface area contributed by atoms with Gasteiger partial charge in [0.2, 0.25) is 0 Å². The molecule has 1 atom stereocenters. The van der Waals surface area contributed by atoms with Crippen LogP contribution in [0, 0.1) is 0 Å². The predicted octanol–water partition coefficient (Wildman–Crippen LogP) is 1.23. The summed E-state index contributed by atoms with van der Waals surface area (Å²) in [5.41, 5.74) is 6.53. The lowest BCUT2D eigenvalue weighted by atomic mass is 10.2. The number of hydrogen-bond donors (Lipinski definition) is 2. The highest BCUT2D eigenvalue weighted by Gasteiger charge is 2.28. The van der Waals surface area contributed by atoms with Gasteiger partial charge in [0.15, 0.2) is 5.75 Å². The highest BCUT2D eigenvalue weighted by atomic mass is 32.1. The molecule has 1 saturated heterocycles. The third-order valence-electron chi connectivity index (χ3n) is 3.83. The van der Waals surface area contributed by atoms with E-state index >= 15 is 0 Å². The summed E-state index contributed by atoms with van der Waals surface area (Å²) >= 11 is 1.41. The van der Waals surface area contributed by atoms with Crippen LogP contribution in [0.2, 0.25) is 0 Å². The number of hydrogen-bond acceptors (Lipinski definition) is 6. The molecule has 0 aromatic carbocycles. The van der Waals surface area contributed by atoms with E-state index in [1.807, 2.05) is 0 Å². The Kier molecular flexibility index (Phi) is 4.95. The number of carbonyl (C=O) groups excluding carboxylic acids is 1. The summed E-state index contributed by atoms with van der Waals surface area (Å²) in [6, 6.07) is 0.349. The first-order valence-corrected chi connectivity index (χ1v) is 7.94. The predicted molar refractivity (Wildman–Crippen MR) is 87.6 cm³/mol. The van der Waals surface area contributed by atoms with Gasteiger partial charge in [-0.3, -0.25) is 4.79 Å². The topological polar surface area (TPSA) is 70.8 Å². The zero-order valence-electron chi connectivity index (χ0n) is 13.1. The molecule has 118 valence electrons. The Hall–Kier alpha value is -1.47. The van der Waals surface area contributed by atoms with Crippen LogP contribution >= 0.6 is 11.3 Å². The molecule has 3 N–H and O–H groups in total. The average molecular weight is 312 g/mol. The number of nitrogen functional groups attached to an aromatic ring is 1. The number of nitrogens with two attached hydrogens (primary N) is 1. The molecule has 6 nitrogen and oxygen atoms in total. The maximum absolute atomic E-state index is 11.9. The van der Waals surface area contributed by atoms with Crippen molar-refractivity contribution in [2.75, 3.05) is 51.5 Å². The first-order chi connectivity index (χ1) is 9.99. The lowest BCUT2D eigenvalue weighted by Gasteiger charge is -2.29. The maximum atomic E-state index is 11.9. The van der Waals surface area contributed by atoms with Crippen molar-refractivity contribution in [1.29, 1.82) is 0 Å². The van der Waals surface area contributed by atoms with Crippen LogP contribution in [0.15, 0.2) is 0 Å². The average Bonchev–Trinajstić information content (AvgIpc) is 2.68. The molecule has 0 radical (unpaired) electrons. The van der Waals surface area contributed by atoms with Crippen LogP contribution in [0.4, 0.5) is 10.7 Å². The summed E-state index contributed by atoms with van der Waals surface area (Å²) in [5.74, 6) is 0.455. The van der Waals surface area contributed by atoms with Crippen molar-refractivity contribution < 1.29 is 9.53 Å². The van der Waals surface area contributed by atoms with E-state index in [0.717, 1.165) is 31.1 Å². The molecule has 1 amide bonds. The minimum absolute atomic E-state index is 0.165. The smallest absolute Gasteiger partial charge is 0.263 e. The number of thiophene rings is 1. The molecule has 0 saturated carbocycles. The van der Waals surface area contributed by atoms with E-state index < -0.39 is 0 Å². The lowest BCUT2D eigenvalue weighted by molar-refractivity contribution is 0.0967. The van der Waals surface area contributed by atoms with Crippen molar-refractivity contribution in [2.45, 2.75) is 19.4 Å². The van der Waals surface area contributed by atoms with Gasteiger partial charge in [0.25, 0.3) is 5.91 Å². The standard InChI is InChI=1S/C14H24N4O2S/c1-9-8-17(3)6-5-7-18(9)14-11(20-4)10(15)12(21-14)13(19)16-2/h9H,5-8,15H2,1-4H3,(H,16,19). The molecule has 1 aromatic heterocycles. The van der Waals surface area contributed by atoms with E-state index in [0.29, 0.717) is 22.4 Å². The van der Waals surface area contributed by atoms with Gasteiger partial charge in [-0.1, -0.05) is 0 Å². The fourth-order valence-electron chi connectivity index (χ4n) is 2.76. The van der Waals surface area contributed by atoms with Gasteiger partial charge < -0.3 is 25.6 Å². The van der Waals surface area contributed by atoms with E-state index in [1.165, 1.54) is 11.3 Å². The second kappa shape index (κ2) is 6.53. The van der Waals surface area contributed by atoms with Crippen LogP contribution in [0.5, 0.6) is 5.75 Å². The number of anilines is 2. The van der Waals surface area contributed by atoms with E-state index in [1.54, 1.807) is 14.2 Å². The molecule has 1 fully saturated rings. The van der Waals surface area contributed by atoms with Gasteiger partial charge in [-0.05, 0) is 26.9 Å². The normalized spacial score (nSPS) is 20.2. The first kappa shape index (κ1) is 15.9. The minimum atomic E-state index is -0.165. The van der Waals surface area contributed by atoms with E-state index in [-0.39, 0.29) is 5.91 Å². The van der Waals surface area contributed by atoms with Gasteiger partial charge in [0, 0.05) is 26.2 Å². The quantitative estimate of drug-likeness (QED) is 0.878. The molecule has 1 aromatic rings. The molecule has 0 spiro atoms. The Morgan fingerprint density at radius 3 is 2.81 bits per heavy atom. The third-order valence-corrected chi connectivity index (χ3v) is 5.05. The van der Waals surface area contributed by atoms with E-state index in [9.17, 15) is 4.79 Å². The summed E-state index contributed by atoms with van der Waals surface area (Å²) in [6.45, 7) is 5.19. The second-order valence-corrected chi connectivity index (χ2v) is 6.42. The summed E-state index contributed by atoms with van der Waals surface area (Å²) in [7, 11) is 5.34. The number of likely N-dealkylation sites (N-methyl/N-ethyl adjacent to an activating group) is 1. The molecule has 0 bridgehead atoms. The van der Waals surface area contributed by atoms with Crippen molar-refractivity contribution >= 4 is 27.9 Å². The zero-order valence-corrected chi connectivity index (χ0v) is 13.9. The molecule has 21 heavy (non-hydrogen) atoms. The second-order valence-electron chi connectivity index (χ2n) is 5.42. The van der Waals surface area contributed by atoms with E-state index in [2.05, 4.69) is 29.1 Å². The summed E-state index contributed by atoms with van der Waals surface area (Å²) < 4.78 is 5.47. The van der Waals surface area contributed by atoms with E-state index in [4.69, 9.17) is 10.5 Å². The Balaban J connectivity index is 2.40. The fourth-order valence-corrected chi connectivity index (χ4v) is 4.02. The Morgan fingerprint density at radius 2 is 2.19 bits per heavy atom. The van der Waals surface area contributed by atoms with Crippen molar-refractivity contribution in [2.24, 2.45) is 0 Å². The Labute approximate surface area is 129 Å². The molecule has 2 rings (SSSR count). The third kappa shape index (κ3) is 3.08. The first-order valence-electron chi connectivity index (χ1n) is 7.13. The van der Waals surface area contributed by atoms with Gasteiger partial charge in [-0.2, -0.15) is 0 Å². The van der Waals surface area contributed by atoms with Gasteiger partial charge in [0.05, 0.1) is 7.11 Å². The highest BCUT2D eigenvalue weighted by Crippen LogP contribution is 2.45. The maximum Gasteiger partial charge on any atom is 0.263 e. The molecule has 7 heteroatoms. The SMILES string of the molecule is CNC(=O)c1sc(N2CCCN(C)CC2C)c(OC)c1N. The summed E-state index contributed by atoms with van der Waals surface area (Å²) in [5, 5.41) is 3.58. The molecule has 1 aliphatic heterocycles. The molecule has 1 aliphatic rings. The number of nitrogens with one attached hydrogen (secondary N) is 1. The molecule has 1 unspecified atom stereocenters. The Morgan fingerprint density at radius 1 is 1.48 bits per heavy atom. The van der Waals surface area contributed by atoms with Crippen LogP contribution in [-0.2, 0) is 0 Å². The molecule has 0 aliphatic carbocycles. The lowest BCUT2D eigenvalue weighted by Crippen LogP contribution is -2.37. The van der Waals surface area contributed by atoms with Crippen molar-refractivity contribution in [3.8, 4) is 5.75 Å². The van der Waals surface area contributed by atoms with Gasteiger partial charge >= 0.3 is 0 Å². The van der Waals surface area contributed by atoms with Gasteiger partial charge in [-0.15, -0.1) is 11.3 Å². The number of methoxy groups -OCH3 is 1. The van der Waals surface area contributed by atoms with Crippen molar-refractivity contribution in [3.05, 3.63) is 4.88 Å². The summed E-state index contributed by atoms with van der Waals surface area (Å²) in [4.78, 5) is 17.1. The largest absolute Gasteiger partial charge is 0.492 e. The molecule has 2 heterocycles. The van der Waals surface area contributed by atoms with Crippen molar-refractivity contribution in [3.63, 3.8) is 0 Å². The van der Waals surface area contributed by atoms with Gasteiger partial charge in [-0.25, -0.2) is 0 Å². The highest BCUT2D eigenvalue weighted by molar-refractivity contribution is 7.19. The van der Waals surface area contributed by atoms with Crippen LogP contribution in [0.25, 0.3) is 0 Å². The molecular weight excluding hydrogens is 288 g/mol. The summed E-state index contributed by atoms with van der Waals surface area (Å²) in [6.07, 6.45) is 1.08. The Bertz CT molecular complexity index is 517. The van der Waals surface area contributed by atoms with Crippen LogP contribution < -0.4 is 20.7 Å². The van der Waals surface area contributed by atoms with Gasteiger partial charge in [0.1, 0.15) is 15.6 Å². The monoisotopic (exact) mass is 312 g/mol. The minimum Gasteiger partial charge on any atom is -0.492 e. The number of amides is 1. The number of ether oxygens (including phenoxy) is 1. The van der Waals surface area contributed by atoms with Crippen LogP contribution in [0.1, 0.15) is 23.0 Å². The number of nitrogens with zero attached hydrogens (tertiary/aromatic N) is 2.